The van der Waals surface area contributed by atoms with Gasteiger partial charge in [0.05, 0.1) is 26.9 Å². The van der Waals surface area contributed by atoms with Crippen LogP contribution in [0.3, 0.4) is 0 Å². The third-order valence-electron chi connectivity index (χ3n) is 4.55. The van der Waals surface area contributed by atoms with Crippen molar-refractivity contribution in [1.82, 2.24) is 15.5 Å². The molecule has 1 atom stereocenters. The SMILES string of the molecule is CCNC(=NCC(C)Oc1ccccc1OC)NCCCCN1CCOCC1. The maximum atomic E-state index is 5.97. The number of para-hydroxylation sites is 2. The van der Waals surface area contributed by atoms with Crippen LogP contribution in [-0.4, -0.2) is 76.6 Å². The number of hydrogen-bond acceptors (Lipinski definition) is 5. The highest BCUT2D eigenvalue weighted by Crippen LogP contribution is 2.26. The van der Waals surface area contributed by atoms with E-state index in [1.165, 1.54) is 6.42 Å². The molecule has 7 heteroatoms. The van der Waals surface area contributed by atoms with E-state index in [2.05, 4.69) is 27.4 Å². The number of morpholine rings is 1. The molecule has 0 saturated carbocycles. The van der Waals surface area contributed by atoms with E-state index in [1.54, 1.807) is 7.11 Å². The molecule has 0 radical (unpaired) electrons. The molecule has 0 aliphatic carbocycles. The highest BCUT2D eigenvalue weighted by atomic mass is 16.5. The molecule has 1 aromatic carbocycles. The van der Waals surface area contributed by atoms with Crippen molar-refractivity contribution in [3.63, 3.8) is 0 Å². The molecule has 2 rings (SSSR count). The molecule has 1 saturated heterocycles. The fourth-order valence-electron chi connectivity index (χ4n) is 3.02. The molecule has 1 fully saturated rings. The molecule has 1 aromatic rings. The summed E-state index contributed by atoms with van der Waals surface area (Å²) >= 11 is 0. The Morgan fingerprint density at radius 1 is 1.18 bits per heavy atom. The minimum atomic E-state index is -0.0481. The molecule has 0 spiro atoms. The summed E-state index contributed by atoms with van der Waals surface area (Å²) in [4.78, 5) is 7.13. The van der Waals surface area contributed by atoms with E-state index in [-0.39, 0.29) is 6.10 Å². The van der Waals surface area contributed by atoms with Crippen molar-refractivity contribution in [2.45, 2.75) is 32.8 Å². The maximum Gasteiger partial charge on any atom is 0.191 e. The molecule has 158 valence electrons. The first-order valence-corrected chi connectivity index (χ1v) is 10.3. The highest BCUT2D eigenvalue weighted by molar-refractivity contribution is 5.79. The zero-order chi connectivity index (χ0) is 20.0. The lowest BCUT2D eigenvalue weighted by atomic mass is 10.2. The van der Waals surface area contributed by atoms with Crippen LogP contribution in [-0.2, 0) is 4.74 Å². The second-order valence-corrected chi connectivity index (χ2v) is 6.89. The zero-order valence-electron chi connectivity index (χ0n) is 17.6. The van der Waals surface area contributed by atoms with Crippen molar-refractivity contribution >= 4 is 5.96 Å². The van der Waals surface area contributed by atoms with Crippen LogP contribution in [0.2, 0.25) is 0 Å². The number of rotatable bonds is 11. The van der Waals surface area contributed by atoms with E-state index in [0.29, 0.717) is 6.54 Å². The minimum Gasteiger partial charge on any atom is -0.493 e. The van der Waals surface area contributed by atoms with Crippen molar-refractivity contribution < 1.29 is 14.2 Å². The summed E-state index contributed by atoms with van der Waals surface area (Å²) in [5.74, 6) is 2.32. The van der Waals surface area contributed by atoms with Gasteiger partial charge in [-0.3, -0.25) is 4.90 Å². The third kappa shape index (κ3) is 8.35. The van der Waals surface area contributed by atoms with Crippen molar-refractivity contribution in [2.75, 3.05) is 59.6 Å². The summed E-state index contributed by atoms with van der Waals surface area (Å²) in [5, 5.41) is 6.71. The number of ether oxygens (including phenoxy) is 3. The molecule has 0 amide bonds. The minimum absolute atomic E-state index is 0.0481. The Kier molecular flexibility index (Phi) is 10.5. The van der Waals surface area contributed by atoms with Crippen LogP contribution in [0.4, 0.5) is 0 Å². The average molecular weight is 393 g/mol. The van der Waals surface area contributed by atoms with Crippen molar-refractivity contribution in [2.24, 2.45) is 4.99 Å². The summed E-state index contributed by atoms with van der Waals surface area (Å²) in [6.45, 7) is 11.4. The monoisotopic (exact) mass is 392 g/mol. The second kappa shape index (κ2) is 13.2. The lowest BCUT2D eigenvalue weighted by Crippen LogP contribution is -2.39. The van der Waals surface area contributed by atoms with Gasteiger partial charge in [-0.1, -0.05) is 12.1 Å². The van der Waals surface area contributed by atoms with E-state index in [4.69, 9.17) is 14.2 Å². The van der Waals surface area contributed by atoms with Gasteiger partial charge in [-0.05, 0) is 45.4 Å². The number of nitrogens with one attached hydrogen (secondary N) is 2. The number of guanidine groups is 1. The fourth-order valence-corrected chi connectivity index (χ4v) is 3.02. The van der Waals surface area contributed by atoms with Crippen LogP contribution in [0, 0.1) is 0 Å². The van der Waals surface area contributed by atoms with Gasteiger partial charge in [-0.25, -0.2) is 4.99 Å². The summed E-state index contributed by atoms with van der Waals surface area (Å²) in [7, 11) is 1.65. The van der Waals surface area contributed by atoms with Crippen LogP contribution in [0.25, 0.3) is 0 Å². The van der Waals surface area contributed by atoms with E-state index in [1.807, 2.05) is 31.2 Å². The maximum absolute atomic E-state index is 5.97. The van der Waals surface area contributed by atoms with Gasteiger partial charge in [-0.2, -0.15) is 0 Å². The molecule has 2 N–H and O–H groups in total. The quantitative estimate of drug-likeness (QED) is 0.342. The highest BCUT2D eigenvalue weighted by Gasteiger charge is 2.10. The standard InChI is InChI=1S/C21H36N4O3/c1-4-22-21(23-11-7-8-12-25-13-15-27-16-14-25)24-17-18(2)28-20-10-6-5-9-19(20)26-3/h5-6,9-10,18H,4,7-8,11-17H2,1-3H3,(H2,22,23,24). The Bertz CT molecular complexity index is 577. The first-order valence-electron chi connectivity index (χ1n) is 10.3. The molecule has 0 bridgehead atoms. The van der Waals surface area contributed by atoms with Crippen LogP contribution in [0.5, 0.6) is 11.5 Å². The first kappa shape index (κ1) is 22.3. The Hall–Kier alpha value is -1.99. The van der Waals surface area contributed by atoms with Crippen LogP contribution in [0.1, 0.15) is 26.7 Å². The van der Waals surface area contributed by atoms with E-state index >= 15 is 0 Å². The lowest BCUT2D eigenvalue weighted by molar-refractivity contribution is 0.0372. The average Bonchev–Trinajstić information content (AvgIpc) is 2.73. The van der Waals surface area contributed by atoms with Crippen LogP contribution in [0.15, 0.2) is 29.3 Å². The Balaban J connectivity index is 1.69. The van der Waals surface area contributed by atoms with Crippen LogP contribution >= 0.6 is 0 Å². The number of hydrogen-bond donors (Lipinski definition) is 2. The van der Waals surface area contributed by atoms with Crippen molar-refractivity contribution in [3.05, 3.63) is 24.3 Å². The van der Waals surface area contributed by atoms with Gasteiger partial charge in [0.15, 0.2) is 17.5 Å². The van der Waals surface area contributed by atoms with Gasteiger partial charge in [-0.15, -0.1) is 0 Å². The Morgan fingerprint density at radius 3 is 2.64 bits per heavy atom. The van der Waals surface area contributed by atoms with Gasteiger partial charge in [0.2, 0.25) is 0 Å². The topological polar surface area (TPSA) is 67.4 Å². The molecular weight excluding hydrogens is 356 g/mol. The van der Waals surface area contributed by atoms with Gasteiger partial charge in [0, 0.05) is 26.2 Å². The Morgan fingerprint density at radius 2 is 1.93 bits per heavy atom. The predicted molar refractivity (Wildman–Crippen MR) is 114 cm³/mol. The van der Waals surface area contributed by atoms with E-state index < -0.39 is 0 Å². The first-order chi connectivity index (χ1) is 13.7. The number of methoxy groups -OCH3 is 1. The molecule has 1 unspecified atom stereocenters. The normalized spacial score (nSPS) is 16.5. The van der Waals surface area contributed by atoms with Gasteiger partial charge >= 0.3 is 0 Å². The van der Waals surface area contributed by atoms with Gasteiger partial charge < -0.3 is 24.8 Å². The molecular formula is C21H36N4O3. The third-order valence-corrected chi connectivity index (χ3v) is 4.55. The lowest BCUT2D eigenvalue weighted by Gasteiger charge is -2.26. The molecule has 1 heterocycles. The predicted octanol–water partition coefficient (Wildman–Crippen LogP) is 2.13. The molecule has 28 heavy (non-hydrogen) atoms. The Labute approximate surface area is 169 Å². The summed E-state index contributed by atoms with van der Waals surface area (Å²) in [6.07, 6.45) is 2.25. The summed E-state index contributed by atoms with van der Waals surface area (Å²) in [6, 6.07) is 7.68. The molecule has 1 aliphatic rings. The molecule has 0 aromatic heterocycles. The summed E-state index contributed by atoms with van der Waals surface area (Å²) in [5.41, 5.74) is 0. The van der Waals surface area contributed by atoms with Gasteiger partial charge in [0.1, 0.15) is 6.10 Å². The largest absolute Gasteiger partial charge is 0.493 e. The summed E-state index contributed by atoms with van der Waals surface area (Å²) < 4.78 is 16.7. The molecule has 1 aliphatic heterocycles. The molecule has 7 nitrogen and oxygen atoms in total. The zero-order valence-corrected chi connectivity index (χ0v) is 17.6. The van der Waals surface area contributed by atoms with Crippen LogP contribution < -0.4 is 20.1 Å². The number of unbranched alkanes of at least 4 members (excludes halogenated alkanes) is 1. The van der Waals surface area contributed by atoms with Crippen molar-refractivity contribution in [1.29, 1.82) is 0 Å². The van der Waals surface area contributed by atoms with E-state index in [9.17, 15) is 0 Å². The van der Waals surface area contributed by atoms with E-state index in [0.717, 1.165) is 69.8 Å². The number of aliphatic imine (C=N–C) groups is 1. The smallest absolute Gasteiger partial charge is 0.191 e. The number of benzene rings is 1. The van der Waals surface area contributed by atoms with Gasteiger partial charge in [0.25, 0.3) is 0 Å². The number of nitrogens with zero attached hydrogens (tertiary/aromatic N) is 2. The van der Waals surface area contributed by atoms with Crippen molar-refractivity contribution in [3.8, 4) is 11.5 Å². The fraction of sp³-hybridized carbons (Fsp3) is 0.667. The second-order valence-electron chi connectivity index (χ2n) is 6.89.